The number of piperazine rings is 1. The lowest BCUT2D eigenvalue weighted by molar-refractivity contribution is 0.0965. The molecule has 0 atom stereocenters. The standard InChI is InChI=1S/C27H29N3O2/c31-27-26-19-25(11-10-23(26)20-28-27)32-17-5-12-29-13-15-30(16-14-29)24-9-4-8-22(18-24)21-6-2-1-3-7-21/h1-4,6-11,18-19H,5,12-17,20H2,(H,28,31). The number of benzene rings is 3. The molecule has 164 valence electrons. The van der Waals surface area contributed by atoms with Crippen molar-refractivity contribution in [2.24, 2.45) is 0 Å². The van der Waals surface area contributed by atoms with Gasteiger partial charge in [0.15, 0.2) is 0 Å². The van der Waals surface area contributed by atoms with Gasteiger partial charge in [0.05, 0.1) is 6.61 Å². The monoisotopic (exact) mass is 427 g/mol. The fourth-order valence-electron chi connectivity index (χ4n) is 4.50. The minimum absolute atomic E-state index is 0.00220. The molecule has 5 nitrogen and oxygen atoms in total. The number of carbonyl (C=O) groups excluding carboxylic acids is 1. The summed E-state index contributed by atoms with van der Waals surface area (Å²) in [6, 6.07) is 25.2. The Morgan fingerprint density at radius 1 is 0.844 bits per heavy atom. The summed E-state index contributed by atoms with van der Waals surface area (Å²) in [7, 11) is 0. The highest BCUT2D eigenvalue weighted by atomic mass is 16.5. The number of ether oxygens (including phenoxy) is 1. The first kappa shape index (κ1) is 20.6. The van der Waals surface area contributed by atoms with Gasteiger partial charge in [0, 0.05) is 50.5 Å². The minimum Gasteiger partial charge on any atom is -0.494 e. The Morgan fingerprint density at radius 3 is 2.50 bits per heavy atom. The molecule has 1 fully saturated rings. The Kier molecular flexibility index (Phi) is 6.08. The molecule has 0 radical (unpaired) electrons. The first-order valence-electron chi connectivity index (χ1n) is 11.4. The maximum atomic E-state index is 11.8. The molecule has 0 bridgehead atoms. The van der Waals surface area contributed by atoms with Gasteiger partial charge in [0.1, 0.15) is 5.75 Å². The lowest BCUT2D eigenvalue weighted by atomic mass is 10.0. The van der Waals surface area contributed by atoms with Crippen molar-refractivity contribution in [2.45, 2.75) is 13.0 Å². The van der Waals surface area contributed by atoms with Crippen LogP contribution in [-0.2, 0) is 6.54 Å². The van der Waals surface area contributed by atoms with Crippen molar-refractivity contribution in [3.63, 3.8) is 0 Å². The van der Waals surface area contributed by atoms with Gasteiger partial charge in [-0.1, -0.05) is 48.5 Å². The van der Waals surface area contributed by atoms with E-state index in [2.05, 4.69) is 69.7 Å². The molecule has 0 aromatic heterocycles. The van der Waals surface area contributed by atoms with Crippen LogP contribution < -0.4 is 15.0 Å². The molecule has 2 aliphatic heterocycles. The van der Waals surface area contributed by atoms with Crippen molar-refractivity contribution in [1.82, 2.24) is 10.2 Å². The first-order chi connectivity index (χ1) is 15.8. The van der Waals surface area contributed by atoms with E-state index in [1.807, 2.05) is 18.2 Å². The Labute approximate surface area is 189 Å². The maximum Gasteiger partial charge on any atom is 0.252 e. The highest BCUT2D eigenvalue weighted by Crippen LogP contribution is 2.25. The van der Waals surface area contributed by atoms with Crippen molar-refractivity contribution in [2.75, 3.05) is 44.2 Å². The number of hydrogen-bond acceptors (Lipinski definition) is 4. The maximum absolute atomic E-state index is 11.8. The van der Waals surface area contributed by atoms with E-state index in [0.29, 0.717) is 13.2 Å². The predicted molar refractivity (Wildman–Crippen MR) is 128 cm³/mol. The summed E-state index contributed by atoms with van der Waals surface area (Å²) in [5.41, 5.74) is 5.63. The highest BCUT2D eigenvalue weighted by Gasteiger charge is 2.19. The van der Waals surface area contributed by atoms with Gasteiger partial charge in [-0.15, -0.1) is 0 Å². The van der Waals surface area contributed by atoms with Crippen molar-refractivity contribution >= 4 is 11.6 Å². The van der Waals surface area contributed by atoms with Gasteiger partial charge in [0.2, 0.25) is 0 Å². The molecule has 2 heterocycles. The zero-order chi connectivity index (χ0) is 21.8. The van der Waals surface area contributed by atoms with Crippen LogP contribution in [0.15, 0.2) is 72.8 Å². The second kappa shape index (κ2) is 9.45. The van der Waals surface area contributed by atoms with Crippen molar-refractivity contribution in [1.29, 1.82) is 0 Å². The van der Waals surface area contributed by atoms with Crippen molar-refractivity contribution in [3.05, 3.63) is 83.9 Å². The number of nitrogens with one attached hydrogen (secondary N) is 1. The van der Waals surface area contributed by atoms with E-state index in [-0.39, 0.29) is 5.91 Å². The van der Waals surface area contributed by atoms with Crippen LogP contribution in [0.5, 0.6) is 5.75 Å². The number of carbonyl (C=O) groups is 1. The van der Waals surface area contributed by atoms with Gasteiger partial charge in [0.25, 0.3) is 5.91 Å². The molecule has 5 rings (SSSR count). The Bertz CT molecular complexity index is 1080. The minimum atomic E-state index is -0.00220. The molecule has 32 heavy (non-hydrogen) atoms. The molecule has 1 N–H and O–H groups in total. The van der Waals surface area contributed by atoms with Crippen LogP contribution in [0, 0.1) is 0 Å². The summed E-state index contributed by atoms with van der Waals surface area (Å²) < 4.78 is 5.90. The Morgan fingerprint density at radius 2 is 1.66 bits per heavy atom. The second-order valence-corrected chi connectivity index (χ2v) is 8.45. The fraction of sp³-hybridized carbons (Fsp3) is 0.296. The summed E-state index contributed by atoms with van der Waals surface area (Å²) >= 11 is 0. The van der Waals surface area contributed by atoms with Crippen LogP contribution in [0.1, 0.15) is 22.3 Å². The van der Waals surface area contributed by atoms with E-state index in [1.165, 1.54) is 16.8 Å². The van der Waals surface area contributed by atoms with Crippen LogP contribution in [0.4, 0.5) is 5.69 Å². The molecular formula is C27H29N3O2. The van der Waals surface area contributed by atoms with Gasteiger partial charge < -0.3 is 15.0 Å². The van der Waals surface area contributed by atoms with E-state index in [1.54, 1.807) is 0 Å². The van der Waals surface area contributed by atoms with Crippen LogP contribution in [0.25, 0.3) is 11.1 Å². The third-order valence-electron chi connectivity index (χ3n) is 6.34. The van der Waals surface area contributed by atoms with Gasteiger partial charge in [-0.25, -0.2) is 0 Å². The number of fused-ring (bicyclic) bond motifs is 1. The average Bonchev–Trinajstić information content (AvgIpc) is 3.23. The van der Waals surface area contributed by atoms with E-state index < -0.39 is 0 Å². The highest BCUT2D eigenvalue weighted by molar-refractivity contribution is 5.98. The topological polar surface area (TPSA) is 44.8 Å². The molecule has 2 aliphatic rings. The largest absolute Gasteiger partial charge is 0.494 e. The van der Waals surface area contributed by atoms with Crippen molar-refractivity contribution < 1.29 is 9.53 Å². The summed E-state index contributed by atoms with van der Waals surface area (Å²) in [5, 5.41) is 2.84. The molecule has 5 heteroatoms. The molecule has 3 aromatic carbocycles. The van der Waals surface area contributed by atoms with Gasteiger partial charge in [-0.2, -0.15) is 0 Å². The molecule has 0 saturated carbocycles. The molecule has 0 aliphatic carbocycles. The SMILES string of the molecule is O=C1NCc2ccc(OCCCN3CCN(c4cccc(-c5ccccc5)c4)CC3)cc21. The number of amides is 1. The molecular weight excluding hydrogens is 398 g/mol. The fourth-order valence-corrected chi connectivity index (χ4v) is 4.50. The number of hydrogen-bond donors (Lipinski definition) is 1. The van der Waals surface area contributed by atoms with Crippen LogP contribution in [-0.4, -0.2) is 50.1 Å². The molecule has 1 amide bonds. The molecule has 1 saturated heterocycles. The van der Waals surface area contributed by atoms with E-state index in [0.717, 1.165) is 56.0 Å². The number of anilines is 1. The Balaban J connectivity index is 1.08. The zero-order valence-corrected chi connectivity index (χ0v) is 18.3. The lowest BCUT2D eigenvalue weighted by Crippen LogP contribution is -2.46. The van der Waals surface area contributed by atoms with Gasteiger partial charge in [-0.05, 0) is 47.4 Å². The van der Waals surface area contributed by atoms with Gasteiger partial charge >= 0.3 is 0 Å². The summed E-state index contributed by atoms with van der Waals surface area (Å²) in [6.45, 7) is 6.53. The number of rotatable bonds is 7. The van der Waals surface area contributed by atoms with Crippen molar-refractivity contribution in [3.8, 4) is 16.9 Å². The summed E-state index contributed by atoms with van der Waals surface area (Å²) in [5.74, 6) is 0.779. The van der Waals surface area contributed by atoms with Gasteiger partial charge in [-0.3, -0.25) is 9.69 Å². The summed E-state index contributed by atoms with van der Waals surface area (Å²) in [6.07, 6.45) is 0.979. The Hall–Kier alpha value is -3.31. The lowest BCUT2D eigenvalue weighted by Gasteiger charge is -2.36. The first-order valence-corrected chi connectivity index (χ1v) is 11.4. The number of nitrogens with zero attached hydrogens (tertiary/aromatic N) is 2. The average molecular weight is 428 g/mol. The van der Waals surface area contributed by atoms with Crippen LogP contribution >= 0.6 is 0 Å². The van der Waals surface area contributed by atoms with Crippen LogP contribution in [0.2, 0.25) is 0 Å². The summed E-state index contributed by atoms with van der Waals surface area (Å²) in [4.78, 5) is 16.8. The normalized spacial score (nSPS) is 16.0. The van der Waals surface area contributed by atoms with E-state index in [9.17, 15) is 4.79 Å². The third kappa shape index (κ3) is 4.63. The zero-order valence-electron chi connectivity index (χ0n) is 18.3. The quantitative estimate of drug-likeness (QED) is 0.575. The third-order valence-corrected chi connectivity index (χ3v) is 6.34. The molecule has 3 aromatic rings. The van der Waals surface area contributed by atoms with E-state index in [4.69, 9.17) is 4.74 Å². The van der Waals surface area contributed by atoms with Crippen LogP contribution in [0.3, 0.4) is 0 Å². The molecule has 0 spiro atoms. The molecule has 0 unspecified atom stereocenters. The van der Waals surface area contributed by atoms with E-state index >= 15 is 0 Å². The smallest absolute Gasteiger partial charge is 0.252 e. The predicted octanol–water partition coefficient (Wildman–Crippen LogP) is 4.19. The second-order valence-electron chi connectivity index (χ2n) is 8.45.